The second-order valence-electron chi connectivity index (χ2n) is 5.88. The number of likely N-dealkylation sites (tertiary alicyclic amines) is 1. The molecule has 1 aliphatic rings. The van der Waals surface area contributed by atoms with Crippen molar-refractivity contribution in [3.05, 3.63) is 53.9 Å². The summed E-state index contributed by atoms with van der Waals surface area (Å²) in [4.78, 5) is 14.4. The zero-order valence-corrected chi connectivity index (χ0v) is 12.7. The van der Waals surface area contributed by atoms with Gasteiger partial charge in [-0.1, -0.05) is 18.2 Å². The summed E-state index contributed by atoms with van der Waals surface area (Å²) in [5.41, 5.74) is 1.39. The van der Waals surface area contributed by atoms with E-state index in [2.05, 4.69) is 5.10 Å². The maximum absolute atomic E-state index is 12.5. The first-order valence-corrected chi connectivity index (χ1v) is 7.67. The summed E-state index contributed by atoms with van der Waals surface area (Å²) in [6.07, 6.45) is 3.03. The summed E-state index contributed by atoms with van der Waals surface area (Å²) < 4.78 is 1.69. The van der Waals surface area contributed by atoms with Gasteiger partial charge < -0.3 is 10.0 Å². The number of carbonyl (C=O) groups excluding carboxylic acids is 1. The molecule has 0 saturated carbocycles. The second kappa shape index (κ2) is 6.32. The smallest absolute Gasteiger partial charge is 0.253 e. The van der Waals surface area contributed by atoms with E-state index in [4.69, 9.17) is 0 Å². The van der Waals surface area contributed by atoms with Crippen LogP contribution in [0, 0.1) is 5.92 Å². The van der Waals surface area contributed by atoms with E-state index in [1.54, 1.807) is 4.68 Å². The lowest BCUT2D eigenvalue weighted by molar-refractivity contribution is 0.0384. The zero-order valence-electron chi connectivity index (χ0n) is 12.7. The second-order valence-corrected chi connectivity index (χ2v) is 5.88. The fourth-order valence-electron chi connectivity index (χ4n) is 3.05. The number of nitrogens with zero attached hydrogens (tertiary/aromatic N) is 3. The van der Waals surface area contributed by atoms with Gasteiger partial charge in [-0.15, -0.1) is 0 Å². The fraction of sp³-hybridized carbons (Fsp3) is 0.412. The highest BCUT2D eigenvalue weighted by Gasteiger charge is 2.30. The van der Waals surface area contributed by atoms with Crippen LogP contribution in [0.5, 0.6) is 0 Å². The molecule has 22 heavy (non-hydrogen) atoms. The minimum Gasteiger partial charge on any atom is -0.386 e. The number of amides is 1. The van der Waals surface area contributed by atoms with Crippen molar-refractivity contribution in [2.45, 2.75) is 18.9 Å². The molecule has 2 heterocycles. The van der Waals surface area contributed by atoms with Gasteiger partial charge in [0, 0.05) is 37.8 Å². The van der Waals surface area contributed by atoms with Crippen LogP contribution in [0.2, 0.25) is 0 Å². The van der Waals surface area contributed by atoms with E-state index in [-0.39, 0.29) is 11.8 Å². The van der Waals surface area contributed by atoms with Gasteiger partial charge in [0.25, 0.3) is 5.91 Å². The van der Waals surface area contributed by atoms with E-state index in [9.17, 15) is 9.90 Å². The Kier molecular flexibility index (Phi) is 4.24. The van der Waals surface area contributed by atoms with Crippen molar-refractivity contribution >= 4 is 5.91 Å². The van der Waals surface area contributed by atoms with Gasteiger partial charge in [0.05, 0.1) is 5.69 Å². The summed E-state index contributed by atoms with van der Waals surface area (Å²) in [7, 11) is 1.84. The molecule has 0 radical (unpaired) electrons. The number of aliphatic hydroxyl groups excluding tert-OH is 1. The molecule has 1 aromatic heterocycles. The largest absolute Gasteiger partial charge is 0.386 e. The summed E-state index contributed by atoms with van der Waals surface area (Å²) in [5.74, 6) is 0.0785. The molecule has 5 nitrogen and oxygen atoms in total. The average Bonchev–Trinajstić information content (AvgIpc) is 3.01. The Hall–Kier alpha value is -2.14. The van der Waals surface area contributed by atoms with Crippen molar-refractivity contribution < 1.29 is 9.90 Å². The van der Waals surface area contributed by atoms with Gasteiger partial charge in [0.1, 0.15) is 6.10 Å². The third kappa shape index (κ3) is 3.04. The number of benzene rings is 1. The quantitative estimate of drug-likeness (QED) is 0.943. The number of hydrogen-bond acceptors (Lipinski definition) is 3. The highest BCUT2D eigenvalue weighted by Crippen LogP contribution is 2.29. The molecule has 2 atom stereocenters. The summed E-state index contributed by atoms with van der Waals surface area (Å²) >= 11 is 0. The van der Waals surface area contributed by atoms with Gasteiger partial charge in [-0.2, -0.15) is 5.10 Å². The lowest BCUT2D eigenvalue weighted by Gasteiger charge is -2.34. The topological polar surface area (TPSA) is 58.4 Å². The van der Waals surface area contributed by atoms with E-state index in [0.29, 0.717) is 17.8 Å². The predicted molar refractivity (Wildman–Crippen MR) is 83.2 cm³/mol. The Morgan fingerprint density at radius 2 is 2.09 bits per heavy atom. The van der Waals surface area contributed by atoms with Gasteiger partial charge in [-0.05, 0) is 31.0 Å². The van der Waals surface area contributed by atoms with E-state index in [1.165, 1.54) is 0 Å². The van der Waals surface area contributed by atoms with Crippen molar-refractivity contribution in [1.29, 1.82) is 0 Å². The Morgan fingerprint density at radius 1 is 1.32 bits per heavy atom. The van der Waals surface area contributed by atoms with E-state index >= 15 is 0 Å². The molecular formula is C17H21N3O2. The van der Waals surface area contributed by atoms with Crippen LogP contribution in [0.4, 0.5) is 0 Å². The molecule has 1 fully saturated rings. The Bertz CT molecular complexity index is 638. The zero-order chi connectivity index (χ0) is 15.5. The molecule has 1 amide bonds. The Labute approximate surface area is 130 Å². The summed E-state index contributed by atoms with van der Waals surface area (Å²) in [6.45, 7) is 1.32. The number of aryl methyl sites for hydroxylation is 1. The van der Waals surface area contributed by atoms with Gasteiger partial charge in [0.2, 0.25) is 0 Å². The average molecular weight is 299 g/mol. The first-order chi connectivity index (χ1) is 10.6. The van der Waals surface area contributed by atoms with Gasteiger partial charge in [-0.3, -0.25) is 9.48 Å². The molecule has 1 saturated heterocycles. The molecule has 0 aliphatic carbocycles. The minimum atomic E-state index is -0.618. The lowest BCUT2D eigenvalue weighted by Crippen LogP contribution is -2.41. The summed E-state index contributed by atoms with van der Waals surface area (Å²) in [5, 5.41) is 14.8. The first-order valence-electron chi connectivity index (χ1n) is 7.67. The van der Waals surface area contributed by atoms with E-state index in [1.807, 2.05) is 54.5 Å². The van der Waals surface area contributed by atoms with Crippen LogP contribution < -0.4 is 0 Å². The molecule has 2 aromatic rings. The van der Waals surface area contributed by atoms with Gasteiger partial charge >= 0.3 is 0 Å². The van der Waals surface area contributed by atoms with E-state index < -0.39 is 6.10 Å². The molecule has 1 aromatic carbocycles. The predicted octanol–water partition coefficient (Wildman–Crippen LogP) is 2.01. The van der Waals surface area contributed by atoms with Gasteiger partial charge in [-0.25, -0.2) is 0 Å². The molecule has 0 spiro atoms. The maximum Gasteiger partial charge on any atom is 0.253 e. The SMILES string of the molecule is Cn1ccc([C@H](O)C2CCCN(C(=O)c3ccccc3)C2)n1. The Morgan fingerprint density at radius 3 is 2.77 bits per heavy atom. The highest BCUT2D eigenvalue weighted by molar-refractivity contribution is 5.94. The van der Waals surface area contributed by atoms with Crippen molar-refractivity contribution in [3.8, 4) is 0 Å². The summed E-state index contributed by atoms with van der Waals surface area (Å²) in [6, 6.07) is 11.2. The van der Waals surface area contributed by atoms with Crippen LogP contribution in [0.1, 0.15) is 35.0 Å². The number of carbonyl (C=O) groups is 1. The van der Waals surface area contributed by atoms with Crippen molar-refractivity contribution in [1.82, 2.24) is 14.7 Å². The molecule has 1 aliphatic heterocycles. The maximum atomic E-state index is 12.5. The Balaban J connectivity index is 1.70. The number of aliphatic hydroxyl groups is 1. The molecular weight excluding hydrogens is 278 g/mol. The standard InChI is InChI=1S/C17H21N3O2/c1-19-11-9-15(18-19)16(21)14-8-5-10-20(12-14)17(22)13-6-3-2-4-7-13/h2-4,6-7,9,11,14,16,21H,5,8,10,12H2,1H3/t14?,16-/m1/s1. The normalized spacial score (nSPS) is 19.9. The van der Waals surface area contributed by atoms with Crippen molar-refractivity contribution in [2.24, 2.45) is 13.0 Å². The van der Waals surface area contributed by atoms with Crippen LogP contribution in [0.25, 0.3) is 0 Å². The third-order valence-electron chi connectivity index (χ3n) is 4.25. The molecule has 116 valence electrons. The fourth-order valence-corrected chi connectivity index (χ4v) is 3.05. The number of piperidine rings is 1. The minimum absolute atomic E-state index is 0.0383. The first kappa shape index (κ1) is 14.8. The van der Waals surface area contributed by atoms with Gasteiger partial charge in [0.15, 0.2) is 0 Å². The highest BCUT2D eigenvalue weighted by atomic mass is 16.3. The van der Waals surface area contributed by atoms with Crippen LogP contribution in [0.3, 0.4) is 0 Å². The van der Waals surface area contributed by atoms with Crippen LogP contribution >= 0.6 is 0 Å². The third-order valence-corrected chi connectivity index (χ3v) is 4.25. The number of rotatable bonds is 3. The molecule has 5 heteroatoms. The van der Waals surface area contributed by atoms with Crippen molar-refractivity contribution in [3.63, 3.8) is 0 Å². The van der Waals surface area contributed by atoms with E-state index in [0.717, 1.165) is 19.4 Å². The molecule has 0 bridgehead atoms. The lowest BCUT2D eigenvalue weighted by atomic mass is 9.90. The van der Waals surface area contributed by atoms with Crippen molar-refractivity contribution in [2.75, 3.05) is 13.1 Å². The molecule has 3 rings (SSSR count). The monoisotopic (exact) mass is 299 g/mol. The van der Waals surface area contributed by atoms with Crippen LogP contribution in [0.15, 0.2) is 42.6 Å². The molecule has 1 unspecified atom stereocenters. The number of hydrogen-bond donors (Lipinski definition) is 1. The van der Waals surface area contributed by atoms with Crippen LogP contribution in [-0.2, 0) is 7.05 Å². The van der Waals surface area contributed by atoms with Crippen LogP contribution in [-0.4, -0.2) is 38.8 Å². The number of aromatic nitrogens is 2. The molecule has 1 N–H and O–H groups in total.